The van der Waals surface area contributed by atoms with Crippen LogP contribution in [0.3, 0.4) is 0 Å². The number of ether oxygens (including phenoxy) is 3. The Labute approximate surface area is 138 Å². The number of hydrogen-bond acceptors (Lipinski definition) is 7. The van der Waals surface area contributed by atoms with Gasteiger partial charge in [-0.1, -0.05) is 6.92 Å². The predicted octanol–water partition coefficient (Wildman–Crippen LogP) is 2.35. The molecule has 2 rings (SSSR count). The average Bonchev–Trinajstić information content (AvgIpc) is 3.34. The lowest BCUT2D eigenvalue weighted by atomic mass is 9.97. The Balaban J connectivity index is 2.48. The van der Waals surface area contributed by atoms with Crippen molar-refractivity contribution < 1.29 is 28.7 Å². The van der Waals surface area contributed by atoms with Crippen LogP contribution in [0.25, 0.3) is 0 Å². The van der Waals surface area contributed by atoms with Crippen LogP contribution in [0, 0.1) is 10.1 Å². The summed E-state index contributed by atoms with van der Waals surface area (Å²) in [4.78, 5) is 34.5. The number of benzene rings is 1. The minimum atomic E-state index is -1.54. The number of esters is 2. The number of carbonyl (C=O) groups is 2. The molecule has 8 nitrogen and oxygen atoms in total. The topological polar surface area (TPSA) is 105 Å². The molecule has 0 heterocycles. The molecule has 1 saturated carbocycles. The minimum absolute atomic E-state index is 0.108. The molecular weight excluding hydrogens is 318 g/mol. The van der Waals surface area contributed by atoms with Crippen LogP contribution >= 0.6 is 0 Å². The molecule has 1 aromatic rings. The zero-order valence-corrected chi connectivity index (χ0v) is 13.7. The molecule has 0 radical (unpaired) electrons. The fourth-order valence-corrected chi connectivity index (χ4v) is 2.50. The second kappa shape index (κ2) is 6.86. The molecule has 1 aliphatic rings. The van der Waals surface area contributed by atoms with E-state index >= 15 is 0 Å². The third-order valence-electron chi connectivity index (χ3n) is 4.17. The van der Waals surface area contributed by atoms with Crippen LogP contribution in [0.2, 0.25) is 0 Å². The van der Waals surface area contributed by atoms with E-state index in [1.165, 1.54) is 18.2 Å². The third-order valence-corrected chi connectivity index (χ3v) is 4.17. The van der Waals surface area contributed by atoms with Crippen LogP contribution in [0.5, 0.6) is 5.75 Å². The van der Waals surface area contributed by atoms with Gasteiger partial charge in [0.1, 0.15) is 11.4 Å². The maximum Gasteiger partial charge on any atom is 0.324 e. The van der Waals surface area contributed by atoms with E-state index in [1.807, 2.05) is 6.92 Å². The summed E-state index contributed by atoms with van der Waals surface area (Å²) >= 11 is 0. The minimum Gasteiger partial charge on any atom is -0.487 e. The lowest BCUT2D eigenvalue weighted by Crippen LogP contribution is -2.25. The Morgan fingerprint density at radius 1 is 1.25 bits per heavy atom. The molecule has 0 aliphatic heterocycles. The summed E-state index contributed by atoms with van der Waals surface area (Å²) in [5.74, 6) is -3.04. The second-order valence-corrected chi connectivity index (χ2v) is 5.60. The van der Waals surface area contributed by atoms with Crippen LogP contribution in [0.4, 0.5) is 5.69 Å². The quantitative estimate of drug-likeness (QED) is 0.325. The molecule has 0 saturated heterocycles. The van der Waals surface area contributed by atoms with Crippen LogP contribution in [0.1, 0.15) is 37.7 Å². The molecule has 0 amide bonds. The highest BCUT2D eigenvalue weighted by molar-refractivity contribution is 6.01. The lowest BCUT2D eigenvalue weighted by molar-refractivity contribution is -0.385. The fraction of sp³-hybridized carbons (Fsp3) is 0.500. The van der Waals surface area contributed by atoms with Crippen molar-refractivity contribution in [2.45, 2.75) is 37.7 Å². The first-order valence-electron chi connectivity index (χ1n) is 7.50. The maximum absolute atomic E-state index is 12.0. The van der Waals surface area contributed by atoms with Gasteiger partial charge in [-0.05, 0) is 31.4 Å². The Morgan fingerprint density at radius 3 is 2.25 bits per heavy atom. The van der Waals surface area contributed by atoms with Gasteiger partial charge in [0, 0.05) is 6.07 Å². The van der Waals surface area contributed by atoms with Gasteiger partial charge in [0.25, 0.3) is 5.69 Å². The summed E-state index contributed by atoms with van der Waals surface area (Å²) in [7, 11) is 2.20. The Hall–Kier alpha value is -2.64. The van der Waals surface area contributed by atoms with E-state index < -0.39 is 22.8 Å². The van der Waals surface area contributed by atoms with E-state index in [0.717, 1.165) is 33.5 Å². The first-order chi connectivity index (χ1) is 11.4. The normalized spacial score (nSPS) is 14.8. The molecule has 0 atom stereocenters. The van der Waals surface area contributed by atoms with Crippen molar-refractivity contribution in [1.29, 1.82) is 0 Å². The van der Waals surface area contributed by atoms with E-state index in [1.54, 1.807) is 0 Å². The van der Waals surface area contributed by atoms with Crippen molar-refractivity contribution in [3.8, 4) is 5.75 Å². The average molecular weight is 337 g/mol. The van der Waals surface area contributed by atoms with Gasteiger partial charge in [-0.2, -0.15) is 0 Å². The molecule has 0 aromatic heterocycles. The summed E-state index contributed by atoms with van der Waals surface area (Å²) in [6.07, 6.45) is 2.59. The van der Waals surface area contributed by atoms with Gasteiger partial charge < -0.3 is 14.2 Å². The van der Waals surface area contributed by atoms with Crippen LogP contribution in [0.15, 0.2) is 18.2 Å². The van der Waals surface area contributed by atoms with Gasteiger partial charge in [-0.15, -0.1) is 0 Å². The monoisotopic (exact) mass is 337 g/mol. The number of rotatable bonds is 7. The van der Waals surface area contributed by atoms with Crippen molar-refractivity contribution in [2.75, 3.05) is 14.2 Å². The van der Waals surface area contributed by atoms with E-state index in [0.29, 0.717) is 5.75 Å². The van der Waals surface area contributed by atoms with Crippen LogP contribution in [-0.2, 0) is 19.1 Å². The first kappa shape index (κ1) is 17.7. The number of hydrogen-bond donors (Lipinski definition) is 0. The molecule has 0 unspecified atom stereocenters. The van der Waals surface area contributed by atoms with Gasteiger partial charge in [0.05, 0.1) is 24.7 Å². The van der Waals surface area contributed by atoms with Gasteiger partial charge in [0.15, 0.2) is 5.92 Å². The highest BCUT2D eigenvalue weighted by Crippen LogP contribution is 2.44. The van der Waals surface area contributed by atoms with E-state index in [-0.39, 0.29) is 16.9 Å². The molecule has 1 aliphatic carbocycles. The van der Waals surface area contributed by atoms with Crippen molar-refractivity contribution in [3.63, 3.8) is 0 Å². The summed E-state index contributed by atoms with van der Waals surface area (Å²) in [5, 5.41) is 11.3. The molecule has 1 aromatic carbocycles. The lowest BCUT2D eigenvalue weighted by Gasteiger charge is -2.18. The summed E-state index contributed by atoms with van der Waals surface area (Å²) in [6.45, 7) is 1.99. The van der Waals surface area contributed by atoms with Crippen LogP contribution in [-0.4, -0.2) is 36.7 Å². The summed E-state index contributed by atoms with van der Waals surface area (Å²) < 4.78 is 15.1. The highest BCUT2D eigenvalue weighted by atomic mass is 16.6. The van der Waals surface area contributed by atoms with Gasteiger partial charge in [-0.25, -0.2) is 0 Å². The first-order valence-corrected chi connectivity index (χ1v) is 7.50. The van der Waals surface area contributed by atoms with Gasteiger partial charge >= 0.3 is 11.9 Å². The Morgan fingerprint density at radius 2 is 1.83 bits per heavy atom. The van der Waals surface area contributed by atoms with Gasteiger partial charge in [0.2, 0.25) is 0 Å². The number of nitrogens with zero attached hydrogens (tertiary/aromatic N) is 1. The van der Waals surface area contributed by atoms with Crippen molar-refractivity contribution >= 4 is 17.6 Å². The van der Waals surface area contributed by atoms with Crippen molar-refractivity contribution in [3.05, 3.63) is 33.9 Å². The number of nitro groups is 1. The molecule has 8 heteroatoms. The standard InChI is InChI=1S/C16H19NO7/c1-4-16(7-8-16)24-10-5-6-12(17(20)21)11(9-10)13(14(18)22-2)15(19)23-3/h5-6,9,13H,4,7-8H2,1-3H3. The summed E-state index contributed by atoms with van der Waals surface area (Å²) in [6, 6.07) is 4.02. The Kier molecular flexibility index (Phi) is 5.06. The molecule has 130 valence electrons. The smallest absolute Gasteiger partial charge is 0.324 e. The van der Waals surface area contributed by atoms with Crippen molar-refractivity contribution in [2.24, 2.45) is 0 Å². The zero-order chi connectivity index (χ0) is 17.9. The SMILES string of the molecule is CCC1(Oc2ccc([N+](=O)[O-])c(C(C(=O)OC)C(=O)OC)c2)CC1. The largest absolute Gasteiger partial charge is 0.487 e. The number of nitro benzene ring substituents is 1. The predicted molar refractivity (Wildman–Crippen MR) is 82.8 cm³/mol. The molecular formula is C16H19NO7. The molecule has 0 spiro atoms. The number of methoxy groups -OCH3 is 2. The van der Waals surface area contributed by atoms with E-state index in [2.05, 4.69) is 9.47 Å². The van der Waals surface area contributed by atoms with Gasteiger partial charge in [-0.3, -0.25) is 19.7 Å². The molecule has 0 bridgehead atoms. The molecule has 24 heavy (non-hydrogen) atoms. The molecule has 1 fully saturated rings. The summed E-state index contributed by atoms with van der Waals surface area (Å²) in [5.41, 5.74) is -0.744. The highest BCUT2D eigenvalue weighted by Gasteiger charge is 2.44. The van der Waals surface area contributed by atoms with E-state index in [9.17, 15) is 19.7 Å². The van der Waals surface area contributed by atoms with E-state index in [4.69, 9.17) is 4.74 Å². The third kappa shape index (κ3) is 3.47. The maximum atomic E-state index is 12.0. The second-order valence-electron chi connectivity index (χ2n) is 5.60. The fourth-order valence-electron chi connectivity index (χ4n) is 2.50. The molecule has 0 N–H and O–H groups in total. The van der Waals surface area contributed by atoms with Crippen molar-refractivity contribution in [1.82, 2.24) is 0 Å². The number of carbonyl (C=O) groups excluding carboxylic acids is 2. The van der Waals surface area contributed by atoms with Crippen LogP contribution < -0.4 is 4.74 Å². The zero-order valence-electron chi connectivity index (χ0n) is 13.7. The Bertz CT molecular complexity index is 650.